The fraction of sp³-hybridized carbons (Fsp3) is 0.519. The van der Waals surface area contributed by atoms with E-state index in [4.69, 9.17) is 0 Å². The highest BCUT2D eigenvalue weighted by molar-refractivity contribution is 5.94. The van der Waals surface area contributed by atoms with Crippen molar-refractivity contribution < 1.29 is 9.59 Å². The summed E-state index contributed by atoms with van der Waals surface area (Å²) >= 11 is 0. The van der Waals surface area contributed by atoms with Crippen molar-refractivity contribution in [2.24, 2.45) is 11.8 Å². The van der Waals surface area contributed by atoms with Crippen molar-refractivity contribution in [2.45, 2.75) is 57.0 Å². The Morgan fingerprint density at radius 1 is 1.00 bits per heavy atom. The Bertz CT molecular complexity index is 949. The van der Waals surface area contributed by atoms with Crippen molar-refractivity contribution >= 4 is 17.5 Å². The zero-order valence-corrected chi connectivity index (χ0v) is 19.2. The highest BCUT2D eigenvalue weighted by atomic mass is 16.2. The maximum atomic E-state index is 13.6. The molecule has 0 spiro atoms. The van der Waals surface area contributed by atoms with Crippen LogP contribution in [0.15, 0.2) is 54.9 Å². The molecule has 3 fully saturated rings. The van der Waals surface area contributed by atoms with E-state index in [-0.39, 0.29) is 17.9 Å². The Morgan fingerprint density at radius 3 is 2.55 bits per heavy atom. The molecule has 0 unspecified atom stereocenters. The molecule has 6 nitrogen and oxygen atoms in total. The average molecular weight is 447 g/mol. The Hall–Kier alpha value is -2.73. The molecule has 2 aromatic rings. The van der Waals surface area contributed by atoms with E-state index in [0.29, 0.717) is 24.3 Å². The summed E-state index contributed by atoms with van der Waals surface area (Å²) in [4.78, 5) is 35.1. The number of aromatic nitrogens is 1. The second-order valence-corrected chi connectivity index (χ2v) is 9.80. The van der Waals surface area contributed by atoms with Crippen LogP contribution < -0.4 is 5.32 Å². The van der Waals surface area contributed by atoms with Gasteiger partial charge in [-0.2, -0.15) is 0 Å². The zero-order valence-electron chi connectivity index (χ0n) is 19.2. The molecule has 174 valence electrons. The monoisotopic (exact) mass is 446 g/mol. The summed E-state index contributed by atoms with van der Waals surface area (Å²) in [6.45, 7) is 3.23. The summed E-state index contributed by atoms with van der Waals surface area (Å²) in [6.07, 6.45) is 10.4. The summed E-state index contributed by atoms with van der Waals surface area (Å²) in [6, 6.07) is 14.1. The number of carbonyl (C=O) groups excluding carboxylic acids is 2. The van der Waals surface area contributed by atoms with Gasteiger partial charge in [0.2, 0.25) is 5.91 Å². The zero-order chi connectivity index (χ0) is 22.6. The molecule has 0 saturated carbocycles. The molecule has 1 aromatic heterocycles. The quantitative estimate of drug-likeness (QED) is 0.722. The van der Waals surface area contributed by atoms with Gasteiger partial charge < -0.3 is 10.2 Å². The van der Waals surface area contributed by atoms with Crippen LogP contribution in [0.5, 0.6) is 0 Å². The van der Waals surface area contributed by atoms with Crippen LogP contribution in [-0.4, -0.2) is 58.3 Å². The van der Waals surface area contributed by atoms with Crippen molar-refractivity contribution in [3.63, 3.8) is 0 Å². The lowest BCUT2D eigenvalue weighted by Crippen LogP contribution is -2.65. The number of hydrogen-bond donors (Lipinski definition) is 1. The van der Waals surface area contributed by atoms with Gasteiger partial charge in [0.1, 0.15) is 0 Å². The minimum atomic E-state index is 0.0461. The van der Waals surface area contributed by atoms with Crippen LogP contribution in [0.3, 0.4) is 0 Å². The van der Waals surface area contributed by atoms with Crippen molar-refractivity contribution in [2.75, 3.05) is 25.0 Å². The number of likely N-dealkylation sites (tertiary alicyclic amines) is 1. The van der Waals surface area contributed by atoms with Gasteiger partial charge >= 0.3 is 0 Å². The second kappa shape index (κ2) is 10.0. The molecule has 33 heavy (non-hydrogen) atoms. The predicted molar refractivity (Wildman–Crippen MR) is 129 cm³/mol. The minimum Gasteiger partial charge on any atom is -0.335 e. The van der Waals surface area contributed by atoms with E-state index in [2.05, 4.69) is 20.1 Å². The van der Waals surface area contributed by atoms with Crippen molar-refractivity contribution in [1.29, 1.82) is 0 Å². The lowest BCUT2D eigenvalue weighted by atomic mass is 9.69. The van der Waals surface area contributed by atoms with Crippen LogP contribution in [0.25, 0.3) is 0 Å². The summed E-state index contributed by atoms with van der Waals surface area (Å²) in [7, 11) is 0. The van der Waals surface area contributed by atoms with Crippen LogP contribution in [0, 0.1) is 11.8 Å². The van der Waals surface area contributed by atoms with Crippen LogP contribution in [0.1, 0.15) is 55.3 Å². The molecule has 6 heteroatoms. The van der Waals surface area contributed by atoms with Gasteiger partial charge in [0.25, 0.3) is 5.91 Å². The summed E-state index contributed by atoms with van der Waals surface area (Å²) in [5.41, 5.74) is 1.56. The van der Waals surface area contributed by atoms with Gasteiger partial charge in [0, 0.05) is 48.7 Å². The van der Waals surface area contributed by atoms with Gasteiger partial charge in [-0.1, -0.05) is 18.2 Å². The molecule has 3 aliphatic rings. The van der Waals surface area contributed by atoms with Gasteiger partial charge in [-0.25, -0.2) is 0 Å². The van der Waals surface area contributed by atoms with E-state index in [1.54, 1.807) is 12.4 Å². The van der Waals surface area contributed by atoms with Crippen molar-refractivity contribution in [3.8, 4) is 0 Å². The standard InChI is InChI=1S/C27H34N4O2/c32-25(29-22-8-2-1-3-9-22)12-4-11-24-23-10-6-18-30-17-5-7-21(26(23)30)19-31(24)27(33)20-13-15-28-16-14-20/h1-3,8-9,13-16,21,23-24,26H,4-7,10-12,17-19H2,(H,29,32)/t21-,23+,24+,26-/m0/s1. The first-order chi connectivity index (χ1) is 16.2. The SMILES string of the molecule is O=C(CCC[C@@H]1[C@H]2CCCN3CCC[C@@H](CN1C(=O)c1ccncc1)[C@@H]23)Nc1ccccc1. The van der Waals surface area contributed by atoms with E-state index < -0.39 is 0 Å². The average Bonchev–Trinajstić information content (AvgIpc) is 2.86. The first-order valence-electron chi connectivity index (χ1n) is 12.5. The number of anilines is 1. The van der Waals surface area contributed by atoms with Gasteiger partial charge in [-0.15, -0.1) is 0 Å². The Labute approximate surface area is 196 Å². The van der Waals surface area contributed by atoms with E-state index in [0.717, 1.165) is 30.6 Å². The highest BCUT2D eigenvalue weighted by Crippen LogP contribution is 2.43. The number of amides is 2. The van der Waals surface area contributed by atoms with Gasteiger partial charge in [0.15, 0.2) is 0 Å². The number of piperidine rings is 3. The van der Waals surface area contributed by atoms with Gasteiger partial charge in [-0.3, -0.25) is 19.5 Å². The Morgan fingerprint density at radius 2 is 1.76 bits per heavy atom. The molecule has 4 atom stereocenters. The van der Waals surface area contributed by atoms with Gasteiger partial charge in [-0.05, 0) is 87.7 Å². The van der Waals surface area contributed by atoms with E-state index >= 15 is 0 Å². The smallest absolute Gasteiger partial charge is 0.254 e. The van der Waals surface area contributed by atoms with Crippen molar-refractivity contribution in [1.82, 2.24) is 14.8 Å². The van der Waals surface area contributed by atoms with Crippen LogP contribution >= 0.6 is 0 Å². The fourth-order valence-corrected chi connectivity index (χ4v) is 6.48. The molecule has 3 aliphatic heterocycles. The number of hydrogen-bond acceptors (Lipinski definition) is 4. The molecular weight excluding hydrogens is 412 g/mol. The number of benzene rings is 1. The third-order valence-electron chi connectivity index (χ3n) is 7.82. The minimum absolute atomic E-state index is 0.0461. The van der Waals surface area contributed by atoms with Crippen molar-refractivity contribution in [3.05, 3.63) is 60.4 Å². The summed E-state index contributed by atoms with van der Waals surface area (Å²) < 4.78 is 0. The molecule has 0 radical (unpaired) electrons. The maximum Gasteiger partial charge on any atom is 0.254 e. The molecule has 1 aromatic carbocycles. The largest absolute Gasteiger partial charge is 0.335 e. The molecule has 1 N–H and O–H groups in total. The van der Waals surface area contributed by atoms with Crippen LogP contribution in [-0.2, 0) is 4.79 Å². The number of pyridine rings is 1. The lowest BCUT2D eigenvalue weighted by molar-refractivity contribution is -0.116. The Balaban J connectivity index is 1.31. The lowest BCUT2D eigenvalue weighted by Gasteiger charge is -2.57. The first-order valence-corrected chi connectivity index (χ1v) is 12.5. The third-order valence-corrected chi connectivity index (χ3v) is 7.82. The Kier molecular flexibility index (Phi) is 6.72. The highest BCUT2D eigenvalue weighted by Gasteiger charge is 2.49. The maximum absolute atomic E-state index is 13.6. The van der Waals surface area contributed by atoms with E-state index in [9.17, 15) is 9.59 Å². The normalized spacial score (nSPS) is 27.0. The van der Waals surface area contributed by atoms with Crippen LogP contribution in [0.4, 0.5) is 5.69 Å². The number of carbonyl (C=O) groups is 2. The number of para-hydroxylation sites is 1. The summed E-state index contributed by atoms with van der Waals surface area (Å²) in [5, 5.41) is 2.99. The van der Waals surface area contributed by atoms with E-state index in [1.807, 2.05) is 42.5 Å². The molecule has 3 saturated heterocycles. The first kappa shape index (κ1) is 22.1. The van der Waals surface area contributed by atoms with Crippen LogP contribution in [0.2, 0.25) is 0 Å². The third kappa shape index (κ3) is 4.81. The molecule has 0 bridgehead atoms. The number of nitrogens with one attached hydrogen (secondary N) is 1. The van der Waals surface area contributed by atoms with E-state index in [1.165, 1.54) is 38.8 Å². The predicted octanol–water partition coefficient (Wildman–Crippen LogP) is 4.21. The molecular formula is C27H34N4O2. The summed E-state index contributed by atoms with van der Waals surface area (Å²) in [5.74, 6) is 1.23. The number of nitrogens with zero attached hydrogens (tertiary/aromatic N) is 3. The fourth-order valence-electron chi connectivity index (χ4n) is 6.48. The van der Waals surface area contributed by atoms with Gasteiger partial charge in [0.05, 0.1) is 0 Å². The molecule has 5 rings (SSSR count). The molecule has 4 heterocycles. The number of rotatable bonds is 6. The molecule has 2 amide bonds. The molecule has 0 aliphatic carbocycles. The second-order valence-electron chi connectivity index (χ2n) is 9.80. The topological polar surface area (TPSA) is 65.5 Å².